The Hall–Kier alpha value is -2.05. The zero-order chi connectivity index (χ0) is 18.7. The zero-order valence-corrected chi connectivity index (χ0v) is 14.9. The van der Waals surface area contributed by atoms with Gasteiger partial charge in [-0.05, 0) is 30.4 Å². The van der Waals surface area contributed by atoms with Crippen LogP contribution in [0.4, 0.5) is 13.2 Å². The highest BCUT2D eigenvalue weighted by atomic mass is 19.4. The van der Waals surface area contributed by atoms with Crippen LogP contribution in [-0.4, -0.2) is 14.3 Å². The summed E-state index contributed by atoms with van der Waals surface area (Å²) >= 11 is 0. The molecule has 1 saturated carbocycles. The molecule has 1 aliphatic carbocycles. The van der Waals surface area contributed by atoms with Crippen molar-refractivity contribution in [3.05, 3.63) is 51.7 Å². The van der Waals surface area contributed by atoms with Crippen molar-refractivity contribution >= 4 is 0 Å². The molecule has 0 radical (unpaired) electrons. The van der Waals surface area contributed by atoms with Crippen LogP contribution < -0.4 is 5.69 Å². The van der Waals surface area contributed by atoms with E-state index in [-0.39, 0.29) is 17.7 Å². The van der Waals surface area contributed by atoms with Crippen LogP contribution >= 0.6 is 0 Å². The van der Waals surface area contributed by atoms with Gasteiger partial charge in [0, 0.05) is 20.0 Å². The van der Waals surface area contributed by atoms with Crippen LogP contribution in [0.15, 0.2) is 29.1 Å². The second kappa shape index (κ2) is 7.68. The fourth-order valence-electron chi connectivity index (χ4n) is 3.80. The lowest BCUT2D eigenvalue weighted by Crippen LogP contribution is -2.27. The molecule has 0 unspecified atom stereocenters. The summed E-state index contributed by atoms with van der Waals surface area (Å²) in [5.74, 6) is 0.787. The second-order valence-electron chi connectivity index (χ2n) is 7.12. The van der Waals surface area contributed by atoms with Crippen LogP contribution in [0.5, 0.6) is 0 Å². The van der Waals surface area contributed by atoms with Crippen molar-refractivity contribution in [1.82, 2.24) is 14.3 Å². The number of halogens is 3. The van der Waals surface area contributed by atoms with Gasteiger partial charge in [-0.25, -0.2) is 9.48 Å². The quantitative estimate of drug-likeness (QED) is 0.761. The molecule has 2 aromatic rings. The van der Waals surface area contributed by atoms with Gasteiger partial charge in [0.05, 0.1) is 5.56 Å². The van der Waals surface area contributed by atoms with Crippen LogP contribution in [0.1, 0.15) is 55.5 Å². The van der Waals surface area contributed by atoms with Gasteiger partial charge < -0.3 is 0 Å². The number of hydrogen-bond donors (Lipinski definition) is 0. The minimum absolute atomic E-state index is 0.00150. The monoisotopic (exact) mass is 367 g/mol. The predicted octanol–water partition coefficient (Wildman–Crippen LogP) is 4.16. The Morgan fingerprint density at radius 3 is 2.42 bits per heavy atom. The molecular weight excluding hydrogens is 343 g/mol. The Balaban J connectivity index is 1.90. The van der Waals surface area contributed by atoms with E-state index in [1.165, 1.54) is 29.7 Å². The third-order valence-electron chi connectivity index (χ3n) is 5.17. The highest BCUT2D eigenvalue weighted by Crippen LogP contribution is 2.32. The standard InChI is InChI=1S/C19H24F3N3O/c1-24-18(26)25(13-14-8-4-2-3-5-9-14)17(23-24)12-15-10-6-7-11-16(15)19(20,21)22/h6-7,10-11,14H,2-5,8-9,12-13H2,1H3. The summed E-state index contributed by atoms with van der Waals surface area (Å²) in [6.45, 7) is 0.538. The van der Waals surface area contributed by atoms with Crippen molar-refractivity contribution in [1.29, 1.82) is 0 Å². The molecule has 0 atom stereocenters. The molecule has 1 heterocycles. The number of benzene rings is 1. The highest BCUT2D eigenvalue weighted by molar-refractivity contribution is 5.31. The molecule has 3 rings (SSSR count). The fraction of sp³-hybridized carbons (Fsp3) is 0.579. The molecule has 0 spiro atoms. The normalized spacial score (nSPS) is 16.6. The Morgan fingerprint density at radius 1 is 1.12 bits per heavy atom. The first-order chi connectivity index (χ1) is 12.4. The minimum atomic E-state index is -4.42. The lowest BCUT2D eigenvalue weighted by Gasteiger charge is -2.16. The molecular formula is C19H24F3N3O. The van der Waals surface area contributed by atoms with Crippen LogP contribution in [0.3, 0.4) is 0 Å². The highest BCUT2D eigenvalue weighted by Gasteiger charge is 2.33. The van der Waals surface area contributed by atoms with Gasteiger partial charge in [-0.3, -0.25) is 4.57 Å². The van der Waals surface area contributed by atoms with E-state index in [2.05, 4.69) is 5.10 Å². The van der Waals surface area contributed by atoms with E-state index < -0.39 is 11.7 Å². The number of nitrogens with zero attached hydrogens (tertiary/aromatic N) is 3. The van der Waals surface area contributed by atoms with Crippen molar-refractivity contribution in [3.63, 3.8) is 0 Å². The average Bonchev–Trinajstić information content (AvgIpc) is 2.78. The smallest absolute Gasteiger partial charge is 0.278 e. The molecule has 142 valence electrons. The first kappa shape index (κ1) is 18.7. The first-order valence-corrected chi connectivity index (χ1v) is 9.14. The number of rotatable bonds is 4. The number of alkyl halides is 3. The van der Waals surface area contributed by atoms with Gasteiger partial charge in [-0.1, -0.05) is 43.9 Å². The van der Waals surface area contributed by atoms with E-state index in [4.69, 9.17) is 0 Å². The fourth-order valence-corrected chi connectivity index (χ4v) is 3.80. The maximum atomic E-state index is 13.3. The number of aryl methyl sites for hydroxylation is 1. The molecule has 26 heavy (non-hydrogen) atoms. The van der Waals surface area contributed by atoms with E-state index in [9.17, 15) is 18.0 Å². The van der Waals surface area contributed by atoms with Crippen molar-refractivity contribution in [2.75, 3.05) is 0 Å². The van der Waals surface area contributed by atoms with Crippen LogP contribution in [0.25, 0.3) is 0 Å². The summed E-state index contributed by atoms with van der Waals surface area (Å²) < 4.78 is 42.6. The van der Waals surface area contributed by atoms with E-state index in [1.54, 1.807) is 17.7 Å². The molecule has 1 aliphatic rings. The van der Waals surface area contributed by atoms with Crippen LogP contribution in [0, 0.1) is 5.92 Å². The summed E-state index contributed by atoms with van der Waals surface area (Å²) in [7, 11) is 1.55. The molecule has 0 N–H and O–H groups in total. The lowest BCUT2D eigenvalue weighted by atomic mass is 10.00. The third-order valence-corrected chi connectivity index (χ3v) is 5.17. The molecule has 0 bridgehead atoms. The Bertz CT molecular complexity index is 799. The zero-order valence-electron chi connectivity index (χ0n) is 14.9. The van der Waals surface area contributed by atoms with Crippen molar-refractivity contribution in [3.8, 4) is 0 Å². The second-order valence-corrected chi connectivity index (χ2v) is 7.12. The van der Waals surface area contributed by atoms with Gasteiger partial charge in [0.25, 0.3) is 0 Å². The Morgan fingerprint density at radius 2 is 1.77 bits per heavy atom. The molecule has 0 amide bonds. The van der Waals surface area contributed by atoms with Gasteiger partial charge in [0.2, 0.25) is 0 Å². The summed E-state index contributed by atoms with van der Waals surface area (Å²) in [4.78, 5) is 12.5. The largest absolute Gasteiger partial charge is 0.416 e. The predicted molar refractivity (Wildman–Crippen MR) is 92.9 cm³/mol. The maximum Gasteiger partial charge on any atom is 0.416 e. The van der Waals surface area contributed by atoms with E-state index >= 15 is 0 Å². The first-order valence-electron chi connectivity index (χ1n) is 9.14. The average molecular weight is 367 g/mol. The van der Waals surface area contributed by atoms with Gasteiger partial charge in [0.1, 0.15) is 5.82 Å². The van der Waals surface area contributed by atoms with Gasteiger partial charge in [-0.2, -0.15) is 18.3 Å². The van der Waals surface area contributed by atoms with E-state index in [1.807, 2.05) is 0 Å². The van der Waals surface area contributed by atoms with Gasteiger partial charge in [0.15, 0.2) is 0 Å². The molecule has 1 aromatic carbocycles. The summed E-state index contributed by atoms with van der Waals surface area (Å²) in [5.41, 5.74) is -0.777. The van der Waals surface area contributed by atoms with Crippen molar-refractivity contribution in [2.45, 2.75) is 57.7 Å². The molecule has 1 aromatic heterocycles. The summed E-state index contributed by atoms with van der Waals surface area (Å²) in [6, 6.07) is 5.49. The topological polar surface area (TPSA) is 39.8 Å². The van der Waals surface area contributed by atoms with Crippen molar-refractivity contribution < 1.29 is 13.2 Å². The van der Waals surface area contributed by atoms with Crippen LogP contribution in [-0.2, 0) is 26.2 Å². The van der Waals surface area contributed by atoms with E-state index in [0.29, 0.717) is 18.3 Å². The molecule has 0 saturated heterocycles. The van der Waals surface area contributed by atoms with E-state index in [0.717, 1.165) is 31.7 Å². The SMILES string of the molecule is Cn1nc(Cc2ccccc2C(F)(F)F)n(CC2CCCCCC2)c1=O. The summed E-state index contributed by atoms with van der Waals surface area (Å²) in [5, 5.41) is 4.22. The summed E-state index contributed by atoms with van der Waals surface area (Å²) in [6.07, 6.45) is 2.41. The molecule has 0 aliphatic heterocycles. The van der Waals surface area contributed by atoms with Gasteiger partial charge >= 0.3 is 11.9 Å². The van der Waals surface area contributed by atoms with Gasteiger partial charge in [-0.15, -0.1) is 0 Å². The van der Waals surface area contributed by atoms with Crippen molar-refractivity contribution in [2.24, 2.45) is 13.0 Å². The molecule has 7 heteroatoms. The third kappa shape index (κ3) is 4.19. The van der Waals surface area contributed by atoms with Crippen LogP contribution in [0.2, 0.25) is 0 Å². The molecule has 4 nitrogen and oxygen atoms in total. The minimum Gasteiger partial charge on any atom is -0.278 e. The Kier molecular flexibility index (Phi) is 5.53. The number of hydrogen-bond acceptors (Lipinski definition) is 2. The lowest BCUT2D eigenvalue weighted by molar-refractivity contribution is -0.138. The number of aromatic nitrogens is 3. The Labute approximate surface area is 150 Å². The molecule has 1 fully saturated rings. The maximum absolute atomic E-state index is 13.3.